The minimum absolute atomic E-state index is 0.0344. The Labute approximate surface area is 177 Å². The highest BCUT2D eigenvalue weighted by atomic mass is 16.3. The molecular formula is C24H31N3O3. The molecule has 1 aliphatic carbocycles. The van der Waals surface area contributed by atoms with Crippen molar-refractivity contribution in [2.24, 2.45) is 5.92 Å². The smallest absolute Gasteiger partial charge is 0.289 e. The van der Waals surface area contributed by atoms with E-state index in [4.69, 9.17) is 0 Å². The molecule has 4 rings (SSSR count). The number of nitrogens with zero attached hydrogens (tertiary/aromatic N) is 3. The van der Waals surface area contributed by atoms with Crippen molar-refractivity contribution < 1.29 is 9.90 Å². The quantitative estimate of drug-likeness (QED) is 0.753. The van der Waals surface area contributed by atoms with E-state index in [1.165, 1.54) is 5.56 Å². The summed E-state index contributed by atoms with van der Waals surface area (Å²) in [6.07, 6.45) is 5.56. The lowest BCUT2D eigenvalue weighted by Crippen LogP contribution is -2.35. The van der Waals surface area contributed by atoms with E-state index in [1.54, 1.807) is 9.47 Å². The second-order valence-electron chi connectivity index (χ2n) is 8.73. The Bertz CT molecular complexity index is 966. The Morgan fingerprint density at radius 3 is 2.63 bits per heavy atom. The highest BCUT2D eigenvalue weighted by molar-refractivity contribution is 5.96. The molecule has 1 N–H and O–H groups in total. The molecule has 0 radical (unpaired) electrons. The molecule has 2 heterocycles. The van der Waals surface area contributed by atoms with Crippen LogP contribution in [-0.2, 0) is 6.42 Å². The first-order valence-electron chi connectivity index (χ1n) is 11.2. The number of carbonyl (C=O) groups is 1. The van der Waals surface area contributed by atoms with E-state index < -0.39 is 11.5 Å². The molecular weight excluding hydrogens is 378 g/mol. The fourth-order valence-corrected chi connectivity index (χ4v) is 4.58. The molecule has 2 aromatic rings. The fourth-order valence-electron chi connectivity index (χ4n) is 4.58. The van der Waals surface area contributed by atoms with E-state index >= 15 is 0 Å². The molecule has 2 atom stereocenters. The Morgan fingerprint density at radius 2 is 1.97 bits per heavy atom. The topological polar surface area (TPSA) is 75.4 Å². The molecule has 1 amide bonds. The summed E-state index contributed by atoms with van der Waals surface area (Å²) in [5.41, 5.74) is 0.423. The van der Waals surface area contributed by atoms with Gasteiger partial charge in [-0.2, -0.15) is 4.98 Å². The van der Waals surface area contributed by atoms with Crippen molar-refractivity contribution >= 4 is 5.91 Å². The number of benzene rings is 1. The van der Waals surface area contributed by atoms with Gasteiger partial charge in [-0.1, -0.05) is 43.7 Å². The summed E-state index contributed by atoms with van der Waals surface area (Å²) in [7, 11) is 0. The number of carbonyl (C=O) groups excluding carboxylic acids is 1. The molecule has 6 nitrogen and oxygen atoms in total. The summed E-state index contributed by atoms with van der Waals surface area (Å²) in [6.45, 7) is 5.26. The molecule has 1 saturated carbocycles. The predicted octanol–water partition coefficient (Wildman–Crippen LogP) is 3.89. The lowest BCUT2D eigenvalue weighted by Gasteiger charge is -2.24. The van der Waals surface area contributed by atoms with Crippen molar-refractivity contribution in [2.45, 2.75) is 64.3 Å². The molecule has 160 valence electrons. The van der Waals surface area contributed by atoms with Gasteiger partial charge < -0.3 is 10.0 Å². The van der Waals surface area contributed by atoms with Crippen molar-refractivity contribution in [2.75, 3.05) is 13.1 Å². The Balaban J connectivity index is 1.64. The zero-order valence-electron chi connectivity index (χ0n) is 17.9. The standard InChI is InChI=1S/C24H31N3O3/c1-3-4-10-20-25-22(28)21(24(30)27(20)16(2)17-11-12-17)23(29)26-14-13-19(15-26)18-8-6-5-7-9-18/h5-9,16-17,19,30H,3-4,10-15H2,1-2H3/t16-,19-/m0/s1. The zero-order chi connectivity index (χ0) is 21.3. The van der Waals surface area contributed by atoms with Crippen LogP contribution < -0.4 is 5.56 Å². The number of unbranched alkanes of at least 4 members (excludes halogenated alkanes) is 1. The number of amides is 1. The molecule has 1 aromatic heterocycles. The highest BCUT2D eigenvalue weighted by Crippen LogP contribution is 2.42. The van der Waals surface area contributed by atoms with E-state index in [2.05, 4.69) is 31.0 Å². The van der Waals surface area contributed by atoms with Crippen molar-refractivity contribution in [3.05, 3.63) is 57.6 Å². The summed E-state index contributed by atoms with van der Waals surface area (Å²) in [5, 5.41) is 11.1. The van der Waals surface area contributed by atoms with Crippen LogP contribution in [0.15, 0.2) is 35.1 Å². The van der Waals surface area contributed by atoms with Gasteiger partial charge in [0, 0.05) is 31.5 Å². The van der Waals surface area contributed by atoms with Gasteiger partial charge in [-0.05, 0) is 44.1 Å². The van der Waals surface area contributed by atoms with Gasteiger partial charge in [0.15, 0.2) is 5.56 Å². The van der Waals surface area contributed by atoms with Crippen LogP contribution in [0.2, 0.25) is 0 Å². The first-order chi connectivity index (χ1) is 14.5. The summed E-state index contributed by atoms with van der Waals surface area (Å²) < 4.78 is 1.76. The van der Waals surface area contributed by atoms with E-state index in [0.29, 0.717) is 31.3 Å². The van der Waals surface area contributed by atoms with Crippen LogP contribution in [0.1, 0.15) is 79.7 Å². The number of aromatic nitrogens is 2. The molecule has 0 spiro atoms. The van der Waals surface area contributed by atoms with Crippen molar-refractivity contribution in [3.63, 3.8) is 0 Å². The third-order valence-corrected chi connectivity index (χ3v) is 6.60. The number of aryl methyl sites for hydroxylation is 1. The van der Waals surface area contributed by atoms with Crippen LogP contribution in [0.4, 0.5) is 0 Å². The third kappa shape index (κ3) is 4.00. The van der Waals surface area contributed by atoms with Gasteiger partial charge >= 0.3 is 0 Å². The minimum Gasteiger partial charge on any atom is -0.494 e. The Kier molecular flexibility index (Phi) is 5.93. The maximum absolute atomic E-state index is 13.3. The normalized spacial score (nSPS) is 19.8. The number of rotatable bonds is 7. The van der Waals surface area contributed by atoms with E-state index in [0.717, 1.165) is 32.1 Å². The van der Waals surface area contributed by atoms with E-state index in [9.17, 15) is 14.7 Å². The van der Waals surface area contributed by atoms with Gasteiger partial charge in [-0.25, -0.2) is 0 Å². The average Bonchev–Trinajstić information content (AvgIpc) is 3.48. The third-order valence-electron chi connectivity index (χ3n) is 6.60. The van der Waals surface area contributed by atoms with Gasteiger partial charge in [-0.3, -0.25) is 14.2 Å². The maximum Gasteiger partial charge on any atom is 0.289 e. The lowest BCUT2D eigenvalue weighted by molar-refractivity contribution is 0.0783. The first kappa shape index (κ1) is 20.6. The summed E-state index contributed by atoms with van der Waals surface area (Å²) >= 11 is 0. The molecule has 30 heavy (non-hydrogen) atoms. The van der Waals surface area contributed by atoms with Crippen molar-refractivity contribution in [1.82, 2.24) is 14.5 Å². The van der Waals surface area contributed by atoms with Gasteiger partial charge in [0.2, 0.25) is 5.88 Å². The molecule has 0 unspecified atom stereocenters. The van der Waals surface area contributed by atoms with Crippen LogP contribution in [0.3, 0.4) is 0 Å². The molecule has 6 heteroatoms. The second kappa shape index (κ2) is 8.62. The van der Waals surface area contributed by atoms with Crippen molar-refractivity contribution in [1.29, 1.82) is 0 Å². The molecule has 2 aliphatic rings. The Morgan fingerprint density at radius 1 is 1.23 bits per heavy atom. The van der Waals surface area contributed by atoms with Gasteiger partial charge in [0.05, 0.1) is 0 Å². The largest absolute Gasteiger partial charge is 0.494 e. The lowest BCUT2D eigenvalue weighted by atomic mass is 9.99. The highest BCUT2D eigenvalue weighted by Gasteiger charge is 2.36. The second-order valence-corrected chi connectivity index (χ2v) is 8.73. The number of hydrogen-bond donors (Lipinski definition) is 1. The van der Waals surface area contributed by atoms with Crippen LogP contribution in [0, 0.1) is 5.92 Å². The molecule has 1 aliphatic heterocycles. The molecule has 1 aromatic carbocycles. The maximum atomic E-state index is 13.3. The summed E-state index contributed by atoms with van der Waals surface area (Å²) in [5.74, 6) is 0.717. The monoisotopic (exact) mass is 409 g/mol. The Hall–Kier alpha value is -2.63. The minimum atomic E-state index is -0.606. The summed E-state index contributed by atoms with van der Waals surface area (Å²) in [4.78, 5) is 32.0. The fraction of sp³-hybridized carbons (Fsp3) is 0.542. The van der Waals surface area contributed by atoms with Gasteiger partial charge in [0.1, 0.15) is 5.82 Å². The van der Waals surface area contributed by atoms with E-state index in [1.807, 2.05) is 18.2 Å². The van der Waals surface area contributed by atoms with Crippen LogP contribution >= 0.6 is 0 Å². The van der Waals surface area contributed by atoms with E-state index in [-0.39, 0.29) is 23.4 Å². The first-order valence-corrected chi connectivity index (χ1v) is 11.2. The SMILES string of the molecule is CCCCc1nc(=O)c(C(=O)N2CC[C@H](c3ccccc3)C2)c(O)n1[C@@H](C)C1CC1. The average molecular weight is 410 g/mol. The van der Waals surface area contributed by atoms with Crippen LogP contribution in [0.25, 0.3) is 0 Å². The zero-order valence-corrected chi connectivity index (χ0v) is 17.9. The number of aromatic hydroxyl groups is 1. The number of likely N-dealkylation sites (tertiary alicyclic amines) is 1. The molecule has 1 saturated heterocycles. The number of hydrogen-bond acceptors (Lipinski definition) is 4. The molecule has 2 fully saturated rings. The van der Waals surface area contributed by atoms with Crippen LogP contribution in [0.5, 0.6) is 5.88 Å². The van der Waals surface area contributed by atoms with Gasteiger partial charge in [-0.15, -0.1) is 0 Å². The predicted molar refractivity (Wildman–Crippen MR) is 116 cm³/mol. The van der Waals surface area contributed by atoms with Crippen LogP contribution in [-0.4, -0.2) is 38.6 Å². The summed E-state index contributed by atoms with van der Waals surface area (Å²) in [6, 6.07) is 10.2. The van der Waals surface area contributed by atoms with Crippen molar-refractivity contribution in [3.8, 4) is 5.88 Å². The van der Waals surface area contributed by atoms with Gasteiger partial charge in [0.25, 0.3) is 11.5 Å². The molecule has 0 bridgehead atoms.